The van der Waals surface area contributed by atoms with E-state index in [2.05, 4.69) is 25.8 Å². The molecule has 1 unspecified atom stereocenters. The van der Waals surface area contributed by atoms with Gasteiger partial charge >= 0.3 is 0 Å². The molecule has 1 rings (SSSR count). The SMILES string of the molecule is CN1C(CO)CC1(C)C. The minimum Gasteiger partial charge on any atom is -0.395 e. The quantitative estimate of drug-likeness (QED) is 0.556. The van der Waals surface area contributed by atoms with E-state index in [-0.39, 0.29) is 0 Å². The zero-order chi connectivity index (χ0) is 7.07. The molecule has 1 atom stereocenters. The second kappa shape index (κ2) is 1.96. The van der Waals surface area contributed by atoms with Gasteiger partial charge in [0.25, 0.3) is 0 Å². The van der Waals surface area contributed by atoms with Gasteiger partial charge in [-0.05, 0) is 27.3 Å². The number of hydrogen-bond donors (Lipinski definition) is 1. The molecule has 1 aliphatic heterocycles. The zero-order valence-electron chi connectivity index (χ0n) is 6.39. The first-order valence-corrected chi connectivity index (χ1v) is 3.42. The van der Waals surface area contributed by atoms with Crippen LogP contribution in [0.25, 0.3) is 0 Å². The Kier molecular flexibility index (Phi) is 1.53. The van der Waals surface area contributed by atoms with Gasteiger partial charge in [0.05, 0.1) is 6.61 Å². The predicted octanol–water partition coefficient (Wildman–Crippen LogP) is 0.461. The number of likely N-dealkylation sites (N-methyl/N-ethyl adjacent to an activating group) is 1. The fourth-order valence-electron chi connectivity index (χ4n) is 1.43. The van der Waals surface area contributed by atoms with Crippen LogP contribution in [0.4, 0.5) is 0 Å². The molecule has 0 aromatic heterocycles. The molecule has 1 fully saturated rings. The fraction of sp³-hybridized carbons (Fsp3) is 1.00. The monoisotopic (exact) mass is 129 g/mol. The molecule has 0 aromatic carbocycles. The van der Waals surface area contributed by atoms with Crippen LogP contribution in [0.2, 0.25) is 0 Å². The predicted molar refractivity (Wildman–Crippen MR) is 37.3 cm³/mol. The largest absolute Gasteiger partial charge is 0.395 e. The van der Waals surface area contributed by atoms with Crippen molar-refractivity contribution in [1.29, 1.82) is 0 Å². The van der Waals surface area contributed by atoms with Gasteiger partial charge in [-0.25, -0.2) is 0 Å². The Morgan fingerprint density at radius 1 is 1.67 bits per heavy atom. The van der Waals surface area contributed by atoms with Gasteiger partial charge < -0.3 is 5.11 Å². The van der Waals surface area contributed by atoms with E-state index in [0.717, 1.165) is 6.42 Å². The lowest BCUT2D eigenvalue weighted by Crippen LogP contribution is -2.61. The van der Waals surface area contributed by atoms with Gasteiger partial charge in [-0.15, -0.1) is 0 Å². The summed E-state index contributed by atoms with van der Waals surface area (Å²) in [5, 5.41) is 8.75. The summed E-state index contributed by atoms with van der Waals surface area (Å²) < 4.78 is 0. The van der Waals surface area contributed by atoms with Crippen molar-refractivity contribution in [2.45, 2.75) is 31.8 Å². The molecule has 2 heteroatoms. The normalized spacial score (nSPS) is 34.0. The van der Waals surface area contributed by atoms with Crippen molar-refractivity contribution in [1.82, 2.24) is 4.90 Å². The van der Waals surface area contributed by atoms with Crippen molar-refractivity contribution in [3.05, 3.63) is 0 Å². The van der Waals surface area contributed by atoms with Crippen LogP contribution in [0.5, 0.6) is 0 Å². The highest BCUT2D eigenvalue weighted by Gasteiger charge is 2.41. The van der Waals surface area contributed by atoms with E-state index in [1.807, 2.05) is 0 Å². The van der Waals surface area contributed by atoms with Crippen molar-refractivity contribution in [3.8, 4) is 0 Å². The molecular formula is C7H15NO. The highest BCUT2D eigenvalue weighted by Crippen LogP contribution is 2.33. The van der Waals surface area contributed by atoms with Crippen LogP contribution < -0.4 is 0 Å². The number of rotatable bonds is 1. The van der Waals surface area contributed by atoms with Crippen molar-refractivity contribution in [2.75, 3.05) is 13.7 Å². The lowest BCUT2D eigenvalue weighted by Gasteiger charge is -2.52. The molecule has 0 saturated carbocycles. The number of likely N-dealkylation sites (tertiary alicyclic amines) is 1. The van der Waals surface area contributed by atoms with Gasteiger partial charge in [-0.2, -0.15) is 0 Å². The van der Waals surface area contributed by atoms with Crippen LogP contribution in [0.15, 0.2) is 0 Å². The average Bonchev–Trinajstić information content (AvgIpc) is 1.82. The summed E-state index contributed by atoms with van der Waals surface area (Å²) in [6.45, 7) is 4.69. The van der Waals surface area contributed by atoms with E-state index in [1.165, 1.54) is 0 Å². The van der Waals surface area contributed by atoms with Crippen molar-refractivity contribution in [2.24, 2.45) is 0 Å². The van der Waals surface area contributed by atoms with E-state index in [0.29, 0.717) is 18.2 Å². The van der Waals surface area contributed by atoms with Crippen LogP contribution in [-0.2, 0) is 0 Å². The number of aliphatic hydroxyl groups excluding tert-OH is 1. The summed E-state index contributed by atoms with van der Waals surface area (Å²) in [6, 6.07) is 0.417. The third kappa shape index (κ3) is 0.970. The Morgan fingerprint density at radius 3 is 2.33 bits per heavy atom. The fourth-order valence-corrected chi connectivity index (χ4v) is 1.43. The Bertz CT molecular complexity index is 111. The van der Waals surface area contributed by atoms with E-state index in [4.69, 9.17) is 5.11 Å². The maximum Gasteiger partial charge on any atom is 0.0587 e. The van der Waals surface area contributed by atoms with Crippen LogP contribution >= 0.6 is 0 Å². The Balaban J connectivity index is 2.41. The van der Waals surface area contributed by atoms with Gasteiger partial charge in [0.2, 0.25) is 0 Å². The van der Waals surface area contributed by atoms with E-state index in [9.17, 15) is 0 Å². The molecule has 54 valence electrons. The molecule has 0 aliphatic carbocycles. The first-order valence-electron chi connectivity index (χ1n) is 3.42. The first-order chi connectivity index (χ1) is 4.08. The van der Waals surface area contributed by atoms with Gasteiger partial charge in [-0.1, -0.05) is 0 Å². The van der Waals surface area contributed by atoms with Crippen LogP contribution in [0.3, 0.4) is 0 Å². The van der Waals surface area contributed by atoms with Gasteiger partial charge in [-0.3, -0.25) is 4.90 Å². The third-order valence-electron chi connectivity index (χ3n) is 2.45. The molecular weight excluding hydrogens is 114 g/mol. The minimum atomic E-state index is 0.305. The third-order valence-corrected chi connectivity index (χ3v) is 2.45. The summed E-state index contributed by atoms with van der Waals surface area (Å²) in [5.41, 5.74) is 0.327. The average molecular weight is 129 g/mol. The van der Waals surface area contributed by atoms with E-state index >= 15 is 0 Å². The second-order valence-corrected chi connectivity index (χ2v) is 3.46. The first kappa shape index (κ1) is 7.03. The minimum absolute atomic E-state index is 0.305. The number of aliphatic hydroxyl groups is 1. The van der Waals surface area contributed by atoms with Gasteiger partial charge in [0.15, 0.2) is 0 Å². The van der Waals surface area contributed by atoms with Gasteiger partial charge in [0.1, 0.15) is 0 Å². The van der Waals surface area contributed by atoms with Crippen molar-refractivity contribution in [3.63, 3.8) is 0 Å². The van der Waals surface area contributed by atoms with Crippen molar-refractivity contribution < 1.29 is 5.11 Å². The molecule has 0 radical (unpaired) electrons. The van der Waals surface area contributed by atoms with Crippen LogP contribution in [0.1, 0.15) is 20.3 Å². The molecule has 0 spiro atoms. The molecule has 0 aromatic rings. The Morgan fingerprint density at radius 2 is 2.22 bits per heavy atom. The highest BCUT2D eigenvalue weighted by molar-refractivity contribution is 4.97. The van der Waals surface area contributed by atoms with Crippen LogP contribution in [0, 0.1) is 0 Å². The molecule has 2 nitrogen and oxygen atoms in total. The number of nitrogens with zero attached hydrogens (tertiary/aromatic N) is 1. The lowest BCUT2D eigenvalue weighted by molar-refractivity contribution is -0.0503. The molecule has 1 heterocycles. The highest BCUT2D eigenvalue weighted by atomic mass is 16.3. The smallest absolute Gasteiger partial charge is 0.0587 e. The standard InChI is InChI=1S/C7H15NO/c1-7(2)4-6(5-9)8(7)3/h6,9H,4-5H2,1-3H3. The summed E-state index contributed by atoms with van der Waals surface area (Å²) in [5.74, 6) is 0. The Hall–Kier alpha value is -0.0800. The van der Waals surface area contributed by atoms with E-state index in [1.54, 1.807) is 0 Å². The molecule has 0 bridgehead atoms. The zero-order valence-corrected chi connectivity index (χ0v) is 6.39. The molecule has 9 heavy (non-hydrogen) atoms. The summed E-state index contributed by atoms with van der Waals surface area (Å²) in [7, 11) is 2.06. The second-order valence-electron chi connectivity index (χ2n) is 3.46. The lowest BCUT2D eigenvalue weighted by atomic mass is 9.83. The summed E-state index contributed by atoms with van der Waals surface area (Å²) in [6.07, 6.45) is 1.12. The molecule has 1 saturated heterocycles. The summed E-state index contributed by atoms with van der Waals surface area (Å²) >= 11 is 0. The Labute approximate surface area is 56.5 Å². The molecule has 0 amide bonds. The molecule has 1 aliphatic rings. The maximum atomic E-state index is 8.75. The van der Waals surface area contributed by atoms with E-state index < -0.39 is 0 Å². The van der Waals surface area contributed by atoms with Crippen LogP contribution in [-0.4, -0.2) is 35.2 Å². The maximum absolute atomic E-state index is 8.75. The summed E-state index contributed by atoms with van der Waals surface area (Å²) in [4.78, 5) is 2.22. The molecule has 1 N–H and O–H groups in total. The number of hydrogen-bond acceptors (Lipinski definition) is 2. The van der Waals surface area contributed by atoms with Crippen molar-refractivity contribution >= 4 is 0 Å². The van der Waals surface area contributed by atoms with Gasteiger partial charge in [0, 0.05) is 11.6 Å². The topological polar surface area (TPSA) is 23.5 Å².